The molecule has 0 saturated heterocycles. The summed E-state index contributed by atoms with van der Waals surface area (Å²) in [5.41, 5.74) is 1.38. The van der Waals surface area contributed by atoms with Crippen LogP contribution >= 0.6 is 0 Å². The SMILES string of the molecule is CC(=NO)c1cccc(C=C(F)F)c1. The summed E-state index contributed by atoms with van der Waals surface area (Å²) in [6, 6.07) is 6.38. The van der Waals surface area contributed by atoms with Gasteiger partial charge in [-0.15, -0.1) is 0 Å². The highest BCUT2D eigenvalue weighted by atomic mass is 19.3. The van der Waals surface area contributed by atoms with Gasteiger partial charge in [-0.25, -0.2) is 0 Å². The van der Waals surface area contributed by atoms with Gasteiger partial charge in [0.15, 0.2) is 0 Å². The minimum absolute atomic E-state index is 0.380. The minimum Gasteiger partial charge on any atom is -0.411 e. The van der Waals surface area contributed by atoms with Crippen LogP contribution in [0.1, 0.15) is 18.1 Å². The number of nitrogens with zero attached hydrogens (tertiary/aromatic N) is 1. The standard InChI is InChI=1S/C10H9F2NO/c1-7(13-14)9-4-2-3-8(5-9)6-10(11)12/h2-6,14H,1H3. The first kappa shape index (κ1) is 10.4. The van der Waals surface area contributed by atoms with Crippen LogP contribution in [0.2, 0.25) is 0 Å². The molecule has 14 heavy (non-hydrogen) atoms. The van der Waals surface area contributed by atoms with Gasteiger partial charge in [0, 0.05) is 6.08 Å². The van der Waals surface area contributed by atoms with Crippen LogP contribution in [0.5, 0.6) is 0 Å². The van der Waals surface area contributed by atoms with E-state index in [2.05, 4.69) is 5.16 Å². The number of benzene rings is 1. The molecule has 0 amide bonds. The molecule has 0 bridgehead atoms. The van der Waals surface area contributed by atoms with Crippen molar-refractivity contribution >= 4 is 11.8 Å². The normalized spacial score (nSPS) is 11.2. The average Bonchev–Trinajstić information content (AvgIpc) is 2.16. The third-order valence-electron chi connectivity index (χ3n) is 1.73. The molecule has 0 aromatic heterocycles. The van der Waals surface area contributed by atoms with Crippen molar-refractivity contribution in [1.29, 1.82) is 0 Å². The third-order valence-corrected chi connectivity index (χ3v) is 1.73. The summed E-state index contributed by atoms with van der Waals surface area (Å²) in [6.45, 7) is 1.59. The Morgan fingerprint density at radius 2 is 2.14 bits per heavy atom. The first-order chi connectivity index (χ1) is 6.63. The Morgan fingerprint density at radius 1 is 1.43 bits per heavy atom. The molecule has 0 spiro atoms. The van der Waals surface area contributed by atoms with E-state index in [9.17, 15) is 8.78 Å². The molecule has 0 aliphatic heterocycles. The molecule has 2 nitrogen and oxygen atoms in total. The number of hydrogen-bond donors (Lipinski definition) is 1. The van der Waals surface area contributed by atoms with E-state index >= 15 is 0 Å². The highest BCUT2D eigenvalue weighted by Crippen LogP contribution is 2.11. The van der Waals surface area contributed by atoms with Gasteiger partial charge in [-0.3, -0.25) is 0 Å². The van der Waals surface area contributed by atoms with Crippen molar-refractivity contribution in [3.8, 4) is 0 Å². The van der Waals surface area contributed by atoms with Crippen LogP contribution < -0.4 is 0 Å². The molecule has 1 aromatic rings. The molecule has 1 aromatic carbocycles. The molecule has 74 valence electrons. The Morgan fingerprint density at radius 3 is 2.71 bits per heavy atom. The second kappa shape index (κ2) is 4.50. The van der Waals surface area contributed by atoms with Crippen molar-refractivity contribution in [2.24, 2.45) is 5.16 Å². The Labute approximate surface area is 80.2 Å². The van der Waals surface area contributed by atoms with Crippen LogP contribution in [-0.2, 0) is 0 Å². The highest BCUT2D eigenvalue weighted by molar-refractivity contribution is 5.98. The largest absolute Gasteiger partial charge is 0.411 e. The highest BCUT2D eigenvalue weighted by Gasteiger charge is 1.99. The zero-order chi connectivity index (χ0) is 10.6. The molecule has 0 atom stereocenters. The van der Waals surface area contributed by atoms with Crippen LogP contribution in [-0.4, -0.2) is 10.9 Å². The van der Waals surface area contributed by atoms with Crippen LogP contribution in [0.3, 0.4) is 0 Å². The van der Waals surface area contributed by atoms with Gasteiger partial charge >= 0.3 is 0 Å². The van der Waals surface area contributed by atoms with Crippen molar-refractivity contribution in [2.75, 3.05) is 0 Å². The van der Waals surface area contributed by atoms with Crippen LogP contribution in [0.4, 0.5) is 8.78 Å². The van der Waals surface area contributed by atoms with Crippen molar-refractivity contribution in [3.63, 3.8) is 0 Å². The monoisotopic (exact) mass is 197 g/mol. The third kappa shape index (κ3) is 2.65. The molecule has 0 fully saturated rings. The van der Waals surface area contributed by atoms with E-state index in [0.717, 1.165) is 6.08 Å². The van der Waals surface area contributed by atoms with Crippen molar-refractivity contribution < 1.29 is 14.0 Å². The average molecular weight is 197 g/mol. The second-order valence-electron chi connectivity index (χ2n) is 2.74. The van der Waals surface area contributed by atoms with Crippen LogP contribution in [0.15, 0.2) is 35.5 Å². The van der Waals surface area contributed by atoms with Crippen molar-refractivity contribution in [2.45, 2.75) is 6.92 Å². The Hall–Kier alpha value is -1.71. The molecule has 0 aliphatic carbocycles. The predicted octanol–water partition coefficient (Wildman–Crippen LogP) is 3.12. The lowest BCUT2D eigenvalue weighted by Gasteiger charge is -1.99. The van der Waals surface area contributed by atoms with E-state index in [-0.39, 0.29) is 0 Å². The molecule has 0 saturated carbocycles. The van der Waals surface area contributed by atoms with E-state index in [1.54, 1.807) is 25.1 Å². The number of rotatable bonds is 2. The second-order valence-corrected chi connectivity index (χ2v) is 2.74. The quantitative estimate of drug-likeness (QED) is 0.441. The predicted molar refractivity (Wildman–Crippen MR) is 50.6 cm³/mol. The lowest BCUT2D eigenvalue weighted by atomic mass is 10.1. The number of oxime groups is 1. The summed E-state index contributed by atoms with van der Waals surface area (Å²) < 4.78 is 23.8. The van der Waals surface area contributed by atoms with Crippen molar-refractivity contribution in [1.82, 2.24) is 0 Å². The molecular formula is C10H9F2NO. The summed E-state index contributed by atoms with van der Waals surface area (Å²) in [5, 5.41) is 11.5. The first-order valence-corrected chi connectivity index (χ1v) is 3.95. The lowest BCUT2D eigenvalue weighted by molar-refractivity contribution is 0.319. The Bertz CT molecular complexity index is 381. The summed E-state index contributed by atoms with van der Waals surface area (Å²) in [5.74, 6) is 0. The molecule has 4 heteroatoms. The van der Waals surface area contributed by atoms with E-state index in [1.165, 1.54) is 6.07 Å². The number of hydrogen-bond acceptors (Lipinski definition) is 2. The summed E-state index contributed by atoms with van der Waals surface area (Å²) in [6.07, 6.45) is -0.991. The van der Waals surface area contributed by atoms with E-state index in [1.807, 2.05) is 0 Å². The van der Waals surface area contributed by atoms with E-state index < -0.39 is 6.08 Å². The van der Waals surface area contributed by atoms with Gasteiger partial charge in [-0.05, 0) is 24.1 Å². The van der Waals surface area contributed by atoms with Gasteiger partial charge in [0.05, 0.1) is 5.71 Å². The zero-order valence-electron chi connectivity index (χ0n) is 7.54. The maximum absolute atomic E-state index is 11.9. The number of halogens is 2. The molecular weight excluding hydrogens is 188 g/mol. The first-order valence-electron chi connectivity index (χ1n) is 3.95. The Kier molecular flexibility index (Phi) is 3.34. The van der Waals surface area contributed by atoms with Gasteiger partial charge in [0.2, 0.25) is 0 Å². The smallest absolute Gasteiger partial charge is 0.270 e. The van der Waals surface area contributed by atoms with Crippen LogP contribution in [0.25, 0.3) is 6.08 Å². The summed E-state index contributed by atoms with van der Waals surface area (Å²) in [7, 11) is 0. The molecule has 0 heterocycles. The van der Waals surface area contributed by atoms with Gasteiger partial charge in [0.25, 0.3) is 6.08 Å². The maximum atomic E-state index is 11.9. The summed E-state index contributed by atoms with van der Waals surface area (Å²) >= 11 is 0. The lowest BCUT2D eigenvalue weighted by Crippen LogP contribution is -1.94. The molecule has 0 unspecified atom stereocenters. The fraction of sp³-hybridized carbons (Fsp3) is 0.100. The molecule has 0 radical (unpaired) electrons. The fourth-order valence-corrected chi connectivity index (χ4v) is 1.04. The fourth-order valence-electron chi connectivity index (χ4n) is 1.04. The molecule has 0 aliphatic rings. The van der Waals surface area contributed by atoms with Gasteiger partial charge in [0.1, 0.15) is 0 Å². The van der Waals surface area contributed by atoms with Gasteiger partial charge < -0.3 is 5.21 Å². The van der Waals surface area contributed by atoms with Gasteiger partial charge in [-0.2, -0.15) is 8.78 Å². The van der Waals surface area contributed by atoms with E-state index in [4.69, 9.17) is 5.21 Å². The summed E-state index contributed by atoms with van der Waals surface area (Å²) in [4.78, 5) is 0. The van der Waals surface area contributed by atoms with Crippen LogP contribution in [0, 0.1) is 0 Å². The molecule has 1 rings (SSSR count). The van der Waals surface area contributed by atoms with Crippen molar-refractivity contribution in [3.05, 3.63) is 41.5 Å². The maximum Gasteiger partial charge on any atom is 0.270 e. The Balaban J connectivity index is 3.08. The minimum atomic E-state index is -1.75. The molecule has 1 N–H and O–H groups in total. The van der Waals surface area contributed by atoms with E-state index in [0.29, 0.717) is 16.8 Å². The van der Waals surface area contributed by atoms with Gasteiger partial charge in [-0.1, -0.05) is 23.4 Å². The zero-order valence-corrected chi connectivity index (χ0v) is 7.54. The topological polar surface area (TPSA) is 32.6 Å².